The second kappa shape index (κ2) is 23.2. The van der Waals surface area contributed by atoms with Crippen LogP contribution in [0.4, 0.5) is 0 Å². The molecule has 128 valence electrons. The highest BCUT2D eigenvalue weighted by Crippen LogP contribution is 2.25. The lowest BCUT2D eigenvalue weighted by molar-refractivity contribution is 0.112. The van der Waals surface area contributed by atoms with E-state index in [2.05, 4.69) is 29.6 Å². The van der Waals surface area contributed by atoms with Crippen LogP contribution in [0.15, 0.2) is 16.8 Å². The Balaban J connectivity index is -0.000000249. The zero-order valence-electron chi connectivity index (χ0n) is 13.9. The molecule has 1 aliphatic carbocycles. The summed E-state index contributed by atoms with van der Waals surface area (Å²) in [7, 11) is 3.50. The molecule has 0 radical (unpaired) electrons. The maximum atomic E-state index is 9.87. The van der Waals surface area contributed by atoms with Crippen LogP contribution in [-0.4, -0.2) is 12.3 Å². The summed E-state index contributed by atoms with van der Waals surface area (Å²) in [4.78, 5) is 9.87. The second-order valence-electron chi connectivity index (χ2n) is 4.43. The normalized spacial score (nSPS) is 14.0. The Morgan fingerprint density at radius 2 is 1.82 bits per heavy atom. The zero-order chi connectivity index (χ0) is 17.8. The minimum Gasteiger partial charge on any atom is -0.328 e. The monoisotopic (exact) mass is 455 g/mol. The first-order valence-corrected chi connectivity index (χ1v) is 11.6. The summed E-state index contributed by atoms with van der Waals surface area (Å²) in [5.41, 5.74) is 6.54. The van der Waals surface area contributed by atoms with Crippen LogP contribution in [0, 0.1) is 18.8 Å². The van der Waals surface area contributed by atoms with Crippen LogP contribution in [0.25, 0.3) is 0 Å². The largest absolute Gasteiger partial charge is 0.328 e. The topological polar surface area (TPSA) is 43.1 Å². The van der Waals surface area contributed by atoms with Gasteiger partial charge in [-0.3, -0.25) is 4.79 Å². The van der Waals surface area contributed by atoms with Gasteiger partial charge in [-0.15, -0.1) is 22.6 Å². The number of halogens is 1. The number of thiol groups is 1. The van der Waals surface area contributed by atoms with Crippen molar-refractivity contribution < 1.29 is 4.79 Å². The fraction of sp³-hybridized carbons (Fsp3) is 0.588. The molecule has 22 heavy (non-hydrogen) atoms. The Morgan fingerprint density at radius 1 is 1.32 bits per heavy atom. The first-order chi connectivity index (χ1) is 10.7. The van der Waals surface area contributed by atoms with Crippen LogP contribution in [-0.2, 0) is 0 Å². The molecule has 2 nitrogen and oxygen atoms in total. The molecule has 1 atom stereocenters. The molecule has 1 aromatic rings. The summed E-state index contributed by atoms with van der Waals surface area (Å²) >= 11 is 3.38. The Labute approximate surface area is 158 Å². The summed E-state index contributed by atoms with van der Waals surface area (Å²) in [6.45, 7) is 6.13. The van der Waals surface area contributed by atoms with Gasteiger partial charge in [0, 0.05) is 17.0 Å². The van der Waals surface area contributed by atoms with Gasteiger partial charge in [0.05, 0.1) is 0 Å². The number of carbonyl (C=O) groups excluding carboxylic acids is 1. The quantitative estimate of drug-likeness (QED) is 0.248. The number of rotatable bonds is 2. The van der Waals surface area contributed by atoms with E-state index in [0.29, 0.717) is 6.04 Å². The number of thiophene rings is 1. The molecule has 1 aliphatic rings. The van der Waals surface area contributed by atoms with Gasteiger partial charge < -0.3 is 5.73 Å². The number of terminal acetylenes is 1. The van der Waals surface area contributed by atoms with Crippen LogP contribution in [0.3, 0.4) is 0 Å². The minimum atomic E-state index is 0.435. The summed E-state index contributed by atoms with van der Waals surface area (Å²) in [6.07, 6.45) is 15.8. The van der Waals surface area contributed by atoms with E-state index in [-0.39, 0.29) is 0 Å². The predicted molar refractivity (Wildman–Crippen MR) is 114 cm³/mol. The first kappa shape index (κ1) is 26.8. The Bertz CT molecular complexity index is 321. The molecular formula is C17H30INOS2. The van der Waals surface area contributed by atoms with Crippen LogP contribution in [0.2, 0.25) is 0 Å². The molecule has 0 aromatic carbocycles. The van der Waals surface area contributed by atoms with Crippen molar-refractivity contribution in [2.75, 3.05) is 0 Å². The molecule has 1 aromatic heterocycles. The van der Waals surface area contributed by atoms with Crippen molar-refractivity contribution in [1.29, 1.82) is 0 Å². The summed E-state index contributed by atoms with van der Waals surface area (Å²) < 4.78 is 0. The third-order valence-electron chi connectivity index (χ3n) is 3.07. The van der Waals surface area contributed by atoms with E-state index in [1.807, 2.05) is 45.8 Å². The van der Waals surface area contributed by atoms with Crippen molar-refractivity contribution in [1.82, 2.24) is 0 Å². The van der Waals surface area contributed by atoms with Gasteiger partial charge in [-0.25, -0.2) is 0 Å². The molecule has 1 saturated carbocycles. The fourth-order valence-corrected chi connectivity index (χ4v) is 2.61. The molecule has 0 aliphatic heterocycles. The lowest BCUT2D eigenvalue weighted by Gasteiger charge is -2.24. The molecule has 0 saturated heterocycles. The molecule has 0 bridgehead atoms. The summed E-state index contributed by atoms with van der Waals surface area (Å²) in [5, 5.41) is 3.69. The van der Waals surface area contributed by atoms with Gasteiger partial charge in [0.2, 0.25) is 0 Å². The van der Waals surface area contributed by atoms with Crippen molar-refractivity contribution in [2.45, 2.75) is 58.9 Å². The van der Waals surface area contributed by atoms with Crippen LogP contribution in [0.5, 0.6) is 0 Å². The Morgan fingerprint density at radius 3 is 2.05 bits per heavy atom. The molecular weight excluding hydrogens is 425 g/mol. The van der Waals surface area contributed by atoms with Gasteiger partial charge in [-0.1, -0.05) is 33.1 Å². The molecule has 1 unspecified atom stereocenters. The average Bonchev–Trinajstić information content (AvgIpc) is 3.15. The Kier molecular flexibility index (Phi) is 28.4. The molecule has 2 N–H and O–H groups in total. The van der Waals surface area contributed by atoms with Crippen LogP contribution in [0.1, 0.15) is 63.2 Å². The molecule has 1 fully saturated rings. The standard InChI is InChI=1S/C8H17N.C5H4OS.C2H6.C2H2.HIS/c1-7(9)8-5-3-2-4-6-8;6-3-5-1-2-7-4-5;3*1-2/h7-8H,2-6,9H2,1H3;1-4H;1-2H3;1-2H;2H. The zero-order valence-corrected chi connectivity index (χ0v) is 17.7. The highest BCUT2D eigenvalue weighted by molar-refractivity contribution is 14.2. The SMILES string of the molecule is C#C.CC.CC(N)C1CCCCC1.O=Cc1ccsc1.SI. The number of hydrogen-bond acceptors (Lipinski definition) is 4. The smallest absolute Gasteiger partial charge is 0.150 e. The number of aldehydes is 1. The molecule has 5 heteroatoms. The van der Waals surface area contributed by atoms with Gasteiger partial charge >= 0.3 is 0 Å². The predicted octanol–water partition coefficient (Wildman–Crippen LogP) is 6.02. The third-order valence-corrected chi connectivity index (χ3v) is 3.77. The molecule has 2 rings (SSSR count). The fourth-order valence-electron chi connectivity index (χ4n) is 2.00. The van der Waals surface area contributed by atoms with E-state index in [4.69, 9.17) is 5.73 Å². The van der Waals surface area contributed by atoms with Gasteiger partial charge in [0.15, 0.2) is 6.29 Å². The lowest BCUT2D eigenvalue weighted by Crippen LogP contribution is -2.27. The van der Waals surface area contributed by atoms with E-state index < -0.39 is 0 Å². The molecule has 0 amide bonds. The van der Waals surface area contributed by atoms with Crippen molar-refractivity contribution >= 4 is 48.6 Å². The third kappa shape index (κ3) is 16.3. The van der Waals surface area contributed by atoms with Gasteiger partial charge in [0.25, 0.3) is 0 Å². The highest BCUT2D eigenvalue weighted by Gasteiger charge is 2.16. The van der Waals surface area contributed by atoms with Crippen LogP contribution < -0.4 is 5.73 Å². The van der Waals surface area contributed by atoms with E-state index >= 15 is 0 Å². The Hall–Kier alpha value is -0.0300. The van der Waals surface area contributed by atoms with Crippen molar-refractivity contribution in [3.8, 4) is 12.8 Å². The van der Waals surface area contributed by atoms with Gasteiger partial charge in [0.1, 0.15) is 0 Å². The van der Waals surface area contributed by atoms with Crippen LogP contribution >= 0.6 is 42.3 Å². The van der Waals surface area contributed by atoms with Gasteiger partial charge in [-0.05, 0) is 58.3 Å². The highest BCUT2D eigenvalue weighted by atomic mass is 127. The van der Waals surface area contributed by atoms with Crippen molar-refractivity contribution in [3.63, 3.8) is 0 Å². The maximum absolute atomic E-state index is 9.87. The number of hydrogen-bond donors (Lipinski definition) is 2. The van der Waals surface area contributed by atoms with Crippen molar-refractivity contribution in [3.05, 3.63) is 22.4 Å². The minimum absolute atomic E-state index is 0.435. The van der Waals surface area contributed by atoms with Crippen molar-refractivity contribution in [2.24, 2.45) is 11.7 Å². The maximum Gasteiger partial charge on any atom is 0.150 e. The van der Waals surface area contributed by atoms with E-state index in [1.165, 1.54) is 43.4 Å². The van der Waals surface area contributed by atoms with E-state index in [1.54, 1.807) is 6.07 Å². The van der Waals surface area contributed by atoms with Gasteiger partial charge in [-0.2, -0.15) is 11.3 Å². The first-order valence-electron chi connectivity index (χ1n) is 7.47. The summed E-state index contributed by atoms with van der Waals surface area (Å²) in [5.74, 6) is 0.832. The number of nitrogens with two attached hydrogens (primary N) is 1. The number of carbonyl (C=O) groups is 1. The average molecular weight is 455 g/mol. The molecule has 1 heterocycles. The van der Waals surface area contributed by atoms with E-state index in [0.717, 1.165) is 17.8 Å². The van der Waals surface area contributed by atoms with E-state index in [9.17, 15) is 4.79 Å². The second-order valence-corrected chi connectivity index (χ2v) is 5.21. The lowest BCUT2D eigenvalue weighted by atomic mass is 9.85. The summed E-state index contributed by atoms with van der Waals surface area (Å²) in [6, 6.07) is 2.22. The molecule has 0 spiro atoms.